The van der Waals surface area contributed by atoms with E-state index in [4.69, 9.17) is 15.9 Å². The largest absolute Gasteiger partial charge is 0.506 e. The molecule has 0 atom stereocenters. The molecule has 0 aliphatic rings. The molecule has 0 saturated heterocycles. The van der Waals surface area contributed by atoms with Gasteiger partial charge in [-0.25, -0.2) is 0 Å². The maximum absolute atomic E-state index is 9.12. The molecule has 1 aromatic rings. The van der Waals surface area contributed by atoms with Crippen molar-refractivity contribution in [2.45, 2.75) is 6.42 Å². The second-order valence-corrected chi connectivity index (χ2v) is 2.32. The van der Waals surface area contributed by atoms with Crippen molar-refractivity contribution in [1.82, 2.24) is 0 Å². The molecular formula is C8H11NO2. The average molecular weight is 153 g/mol. The molecule has 0 aliphatic carbocycles. The van der Waals surface area contributed by atoms with Gasteiger partial charge in [-0.15, -0.1) is 0 Å². The molecule has 11 heavy (non-hydrogen) atoms. The van der Waals surface area contributed by atoms with Crippen molar-refractivity contribution in [3.8, 4) is 5.75 Å². The first-order valence-corrected chi connectivity index (χ1v) is 3.43. The first-order chi connectivity index (χ1) is 5.25. The minimum atomic E-state index is 0.0493. The summed E-state index contributed by atoms with van der Waals surface area (Å²) < 4.78 is 0. The van der Waals surface area contributed by atoms with Crippen LogP contribution in [0, 0.1) is 0 Å². The predicted molar refractivity (Wildman–Crippen MR) is 43.3 cm³/mol. The quantitative estimate of drug-likeness (QED) is 0.428. The smallest absolute Gasteiger partial charge is 0.138 e. The first-order valence-electron chi connectivity index (χ1n) is 3.43. The van der Waals surface area contributed by atoms with Gasteiger partial charge in [0.15, 0.2) is 0 Å². The molecule has 0 heterocycles. The monoisotopic (exact) mass is 153 g/mol. The minimum Gasteiger partial charge on any atom is -0.506 e. The van der Waals surface area contributed by atoms with Crippen LogP contribution in [0.25, 0.3) is 0 Å². The van der Waals surface area contributed by atoms with Crippen LogP contribution in [0.5, 0.6) is 5.75 Å². The zero-order valence-corrected chi connectivity index (χ0v) is 6.12. The van der Waals surface area contributed by atoms with Crippen LogP contribution in [0.3, 0.4) is 0 Å². The Kier molecular flexibility index (Phi) is 2.33. The number of phenols is 1. The number of anilines is 1. The highest BCUT2D eigenvalue weighted by Crippen LogP contribution is 2.23. The maximum Gasteiger partial charge on any atom is 0.138 e. The summed E-state index contributed by atoms with van der Waals surface area (Å²) in [6.07, 6.45) is 0.486. The van der Waals surface area contributed by atoms with E-state index in [0.29, 0.717) is 12.1 Å². The molecule has 1 rings (SSSR count). The summed E-state index contributed by atoms with van der Waals surface area (Å²) in [6.45, 7) is 0.0493. The van der Waals surface area contributed by atoms with Gasteiger partial charge in [-0.1, -0.05) is 12.1 Å². The maximum atomic E-state index is 9.12. The second-order valence-electron chi connectivity index (χ2n) is 2.32. The number of para-hydroxylation sites is 1. The number of aliphatic hydroxyl groups is 1. The summed E-state index contributed by atoms with van der Waals surface area (Å²) in [4.78, 5) is 0. The first kappa shape index (κ1) is 7.88. The lowest BCUT2D eigenvalue weighted by atomic mass is 10.1. The fourth-order valence-corrected chi connectivity index (χ4v) is 0.938. The van der Waals surface area contributed by atoms with Crippen molar-refractivity contribution in [3.63, 3.8) is 0 Å². The third-order valence-electron chi connectivity index (χ3n) is 1.55. The highest BCUT2D eigenvalue weighted by Gasteiger charge is 2.01. The van der Waals surface area contributed by atoms with Crippen LogP contribution in [-0.4, -0.2) is 16.8 Å². The van der Waals surface area contributed by atoms with Crippen LogP contribution < -0.4 is 5.73 Å². The van der Waals surface area contributed by atoms with E-state index in [-0.39, 0.29) is 12.4 Å². The predicted octanol–water partition coefficient (Wildman–Crippen LogP) is 0.509. The van der Waals surface area contributed by atoms with Gasteiger partial charge >= 0.3 is 0 Å². The number of rotatable bonds is 2. The van der Waals surface area contributed by atoms with Crippen LogP contribution in [0.4, 0.5) is 5.69 Å². The summed E-state index contributed by atoms with van der Waals surface area (Å²) >= 11 is 0. The molecule has 0 aliphatic heterocycles. The molecule has 0 fully saturated rings. The van der Waals surface area contributed by atoms with Gasteiger partial charge in [0.05, 0.1) is 5.69 Å². The summed E-state index contributed by atoms with van der Waals surface area (Å²) in [5.74, 6) is 0.0796. The Hall–Kier alpha value is -1.22. The van der Waals surface area contributed by atoms with Gasteiger partial charge in [0.1, 0.15) is 5.75 Å². The number of nitrogens with two attached hydrogens (primary N) is 1. The number of hydrogen-bond acceptors (Lipinski definition) is 3. The fraction of sp³-hybridized carbons (Fsp3) is 0.250. The average Bonchev–Trinajstić information content (AvgIpc) is 1.99. The van der Waals surface area contributed by atoms with Crippen LogP contribution in [-0.2, 0) is 6.42 Å². The van der Waals surface area contributed by atoms with Gasteiger partial charge in [-0.3, -0.25) is 0 Å². The lowest BCUT2D eigenvalue weighted by Gasteiger charge is -2.04. The van der Waals surface area contributed by atoms with E-state index in [9.17, 15) is 0 Å². The number of benzene rings is 1. The third-order valence-corrected chi connectivity index (χ3v) is 1.55. The molecular weight excluding hydrogens is 142 g/mol. The lowest BCUT2D eigenvalue weighted by Crippen LogP contribution is -1.97. The van der Waals surface area contributed by atoms with E-state index in [1.165, 1.54) is 6.07 Å². The lowest BCUT2D eigenvalue weighted by molar-refractivity contribution is 0.299. The Bertz CT molecular complexity index is 248. The normalized spacial score (nSPS) is 9.91. The third kappa shape index (κ3) is 1.62. The van der Waals surface area contributed by atoms with Crippen LogP contribution in [0.2, 0.25) is 0 Å². The van der Waals surface area contributed by atoms with Crippen molar-refractivity contribution in [2.75, 3.05) is 12.3 Å². The number of phenolic OH excluding ortho intramolecular Hbond substituents is 1. The Labute approximate surface area is 65.1 Å². The van der Waals surface area contributed by atoms with E-state index < -0.39 is 0 Å². The highest BCUT2D eigenvalue weighted by atomic mass is 16.3. The molecule has 0 bridgehead atoms. The number of aromatic hydroxyl groups is 1. The molecule has 0 unspecified atom stereocenters. The summed E-state index contributed by atoms with van der Waals surface area (Å²) in [7, 11) is 0. The molecule has 3 nitrogen and oxygen atoms in total. The summed E-state index contributed by atoms with van der Waals surface area (Å²) in [5.41, 5.74) is 6.65. The van der Waals surface area contributed by atoms with E-state index in [1.54, 1.807) is 12.1 Å². The topological polar surface area (TPSA) is 66.5 Å². The molecule has 0 spiro atoms. The Balaban J connectivity index is 2.96. The van der Waals surface area contributed by atoms with Crippen molar-refractivity contribution < 1.29 is 10.2 Å². The van der Waals surface area contributed by atoms with E-state index in [2.05, 4.69) is 0 Å². The minimum absolute atomic E-state index is 0.0493. The van der Waals surface area contributed by atoms with Crippen molar-refractivity contribution in [3.05, 3.63) is 23.8 Å². The Morgan fingerprint density at radius 3 is 2.73 bits per heavy atom. The van der Waals surface area contributed by atoms with Crippen molar-refractivity contribution in [2.24, 2.45) is 0 Å². The van der Waals surface area contributed by atoms with E-state index in [0.717, 1.165) is 5.56 Å². The molecule has 0 amide bonds. The van der Waals surface area contributed by atoms with Gasteiger partial charge in [0.2, 0.25) is 0 Å². The van der Waals surface area contributed by atoms with Crippen LogP contribution in [0.1, 0.15) is 5.56 Å². The second kappa shape index (κ2) is 3.25. The number of hydrogen-bond donors (Lipinski definition) is 3. The standard InChI is InChI=1S/C8H11NO2/c9-8-6(4-5-10)2-1-3-7(8)11/h1-3,10-11H,4-5,9H2. The van der Waals surface area contributed by atoms with Gasteiger partial charge < -0.3 is 15.9 Å². The van der Waals surface area contributed by atoms with Gasteiger partial charge in [0.25, 0.3) is 0 Å². The fourth-order valence-electron chi connectivity index (χ4n) is 0.938. The molecule has 0 aromatic heterocycles. The molecule has 60 valence electrons. The summed E-state index contributed by atoms with van der Waals surface area (Å²) in [5, 5.41) is 17.7. The highest BCUT2D eigenvalue weighted by molar-refractivity contribution is 5.57. The molecule has 4 N–H and O–H groups in total. The van der Waals surface area contributed by atoms with E-state index >= 15 is 0 Å². The van der Waals surface area contributed by atoms with Crippen molar-refractivity contribution in [1.29, 1.82) is 0 Å². The Morgan fingerprint density at radius 2 is 2.09 bits per heavy atom. The number of aliphatic hydroxyl groups excluding tert-OH is 1. The number of nitrogen functional groups attached to an aromatic ring is 1. The van der Waals surface area contributed by atoms with E-state index in [1.807, 2.05) is 0 Å². The van der Waals surface area contributed by atoms with Gasteiger partial charge in [0, 0.05) is 6.61 Å². The van der Waals surface area contributed by atoms with Crippen LogP contribution in [0.15, 0.2) is 18.2 Å². The zero-order chi connectivity index (χ0) is 8.27. The zero-order valence-electron chi connectivity index (χ0n) is 6.12. The Morgan fingerprint density at radius 1 is 1.36 bits per heavy atom. The van der Waals surface area contributed by atoms with Crippen LogP contribution >= 0.6 is 0 Å². The molecule has 3 heteroatoms. The SMILES string of the molecule is Nc1c(O)cccc1CCO. The molecule has 1 aromatic carbocycles. The van der Waals surface area contributed by atoms with Crippen molar-refractivity contribution >= 4 is 5.69 Å². The molecule has 0 saturated carbocycles. The van der Waals surface area contributed by atoms with Gasteiger partial charge in [-0.05, 0) is 18.1 Å². The molecule has 0 radical (unpaired) electrons. The summed E-state index contributed by atoms with van der Waals surface area (Å²) in [6, 6.07) is 5.01. The van der Waals surface area contributed by atoms with Gasteiger partial charge in [-0.2, -0.15) is 0 Å².